The molecule has 0 aliphatic rings. The second kappa shape index (κ2) is 6.27. The van der Waals surface area contributed by atoms with Crippen molar-refractivity contribution in [2.75, 3.05) is 7.11 Å². The standard InChI is InChI=1S/C18H17NO2/c1-20-18-16(12-14-8-4-2-5-9-14)19-17(21-18)13-15-10-6-3-7-11-15/h2-11H,12-13H2,1H3. The molecular formula is C18H17NO2. The third-order valence-corrected chi connectivity index (χ3v) is 3.30. The van der Waals surface area contributed by atoms with Crippen LogP contribution in [0.2, 0.25) is 0 Å². The van der Waals surface area contributed by atoms with Crippen LogP contribution in [0.1, 0.15) is 22.7 Å². The Kier molecular flexibility index (Phi) is 4.01. The number of hydrogen-bond acceptors (Lipinski definition) is 3. The summed E-state index contributed by atoms with van der Waals surface area (Å²) >= 11 is 0. The van der Waals surface area contributed by atoms with Gasteiger partial charge < -0.3 is 9.15 Å². The van der Waals surface area contributed by atoms with Crippen LogP contribution in [-0.2, 0) is 12.8 Å². The van der Waals surface area contributed by atoms with Crippen LogP contribution < -0.4 is 4.74 Å². The molecule has 3 rings (SSSR count). The first-order chi connectivity index (χ1) is 10.3. The zero-order valence-electron chi connectivity index (χ0n) is 12.0. The van der Waals surface area contributed by atoms with Crippen molar-refractivity contribution >= 4 is 0 Å². The SMILES string of the molecule is COc1oc(Cc2ccccc2)nc1Cc1ccccc1. The number of rotatable bonds is 5. The molecule has 2 aromatic carbocycles. The van der Waals surface area contributed by atoms with Crippen LogP contribution in [0.3, 0.4) is 0 Å². The zero-order valence-corrected chi connectivity index (χ0v) is 12.0. The molecule has 3 aromatic rings. The Hall–Kier alpha value is -2.55. The van der Waals surface area contributed by atoms with Gasteiger partial charge in [-0.15, -0.1) is 0 Å². The molecule has 0 unspecified atom stereocenters. The maximum absolute atomic E-state index is 5.71. The topological polar surface area (TPSA) is 35.3 Å². The summed E-state index contributed by atoms with van der Waals surface area (Å²) in [5, 5.41) is 0. The summed E-state index contributed by atoms with van der Waals surface area (Å²) in [5.41, 5.74) is 3.21. The van der Waals surface area contributed by atoms with E-state index in [1.54, 1.807) is 7.11 Å². The van der Waals surface area contributed by atoms with Crippen molar-refractivity contribution in [2.45, 2.75) is 12.8 Å². The molecule has 1 heterocycles. The van der Waals surface area contributed by atoms with Crippen LogP contribution in [-0.4, -0.2) is 12.1 Å². The second-order valence-electron chi connectivity index (χ2n) is 4.87. The molecule has 106 valence electrons. The fraction of sp³-hybridized carbons (Fsp3) is 0.167. The fourth-order valence-electron chi connectivity index (χ4n) is 2.29. The van der Waals surface area contributed by atoms with Gasteiger partial charge in [-0.05, 0) is 11.1 Å². The number of ether oxygens (including phenoxy) is 1. The molecule has 0 radical (unpaired) electrons. The van der Waals surface area contributed by atoms with Crippen LogP contribution in [0.4, 0.5) is 0 Å². The predicted octanol–water partition coefficient (Wildman–Crippen LogP) is 3.86. The molecule has 0 saturated heterocycles. The summed E-state index contributed by atoms with van der Waals surface area (Å²) in [6.07, 6.45) is 1.38. The second-order valence-corrected chi connectivity index (χ2v) is 4.87. The summed E-state index contributed by atoms with van der Waals surface area (Å²) in [7, 11) is 1.61. The van der Waals surface area contributed by atoms with E-state index >= 15 is 0 Å². The van der Waals surface area contributed by atoms with E-state index in [-0.39, 0.29) is 0 Å². The Morgan fingerprint density at radius 2 is 1.43 bits per heavy atom. The third kappa shape index (κ3) is 3.31. The van der Waals surface area contributed by atoms with E-state index in [0.717, 1.165) is 5.69 Å². The minimum atomic E-state index is 0.504. The summed E-state index contributed by atoms with van der Waals surface area (Å²) in [6, 6.07) is 20.3. The van der Waals surface area contributed by atoms with Crippen molar-refractivity contribution < 1.29 is 9.15 Å². The molecular weight excluding hydrogens is 262 g/mol. The Balaban J connectivity index is 1.81. The molecule has 3 heteroatoms. The molecule has 0 saturated carbocycles. The maximum atomic E-state index is 5.71. The largest absolute Gasteiger partial charge is 0.467 e. The van der Waals surface area contributed by atoms with Gasteiger partial charge in [-0.25, -0.2) is 4.98 Å². The van der Waals surface area contributed by atoms with Crippen molar-refractivity contribution in [2.24, 2.45) is 0 Å². The molecule has 0 bridgehead atoms. The number of hydrogen-bond donors (Lipinski definition) is 0. The molecule has 0 N–H and O–H groups in total. The lowest BCUT2D eigenvalue weighted by molar-refractivity contribution is 0.292. The highest BCUT2D eigenvalue weighted by molar-refractivity contribution is 5.28. The Morgan fingerprint density at radius 1 is 0.857 bits per heavy atom. The smallest absolute Gasteiger partial charge is 0.308 e. The highest BCUT2D eigenvalue weighted by atomic mass is 16.6. The van der Waals surface area contributed by atoms with Crippen LogP contribution >= 0.6 is 0 Å². The molecule has 0 fully saturated rings. The van der Waals surface area contributed by atoms with Gasteiger partial charge in [-0.2, -0.15) is 0 Å². The lowest BCUT2D eigenvalue weighted by Gasteiger charge is -1.99. The van der Waals surface area contributed by atoms with Gasteiger partial charge in [0.05, 0.1) is 7.11 Å². The van der Waals surface area contributed by atoms with E-state index in [2.05, 4.69) is 29.2 Å². The fourth-order valence-corrected chi connectivity index (χ4v) is 2.29. The average Bonchev–Trinajstić information content (AvgIpc) is 2.91. The number of nitrogens with zero attached hydrogens (tertiary/aromatic N) is 1. The first-order valence-electron chi connectivity index (χ1n) is 6.95. The van der Waals surface area contributed by atoms with Crippen molar-refractivity contribution in [3.8, 4) is 5.95 Å². The number of aromatic nitrogens is 1. The van der Waals surface area contributed by atoms with Crippen molar-refractivity contribution in [3.05, 3.63) is 83.4 Å². The van der Waals surface area contributed by atoms with E-state index in [1.165, 1.54) is 11.1 Å². The number of methoxy groups -OCH3 is 1. The van der Waals surface area contributed by atoms with Gasteiger partial charge in [0.1, 0.15) is 5.69 Å². The van der Waals surface area contributed by atoms with Crippen molar-refractivity contribution in [3.63, 3.8) is 0 Å². The lowest BCUT2D eigenvalue weighted by atomic mass is 10.1. The van der Waals surface area contributed by atoms with E-state index in [4.69, 9.17) is 9.15 Å². The summed E-state index contributed by atoms with van der Waals surface area (Å²) < 4.78 is 11.0. The van der Waals surface area contributed by atoms with Gasteiger partial charge in [0.2, 0.25) is 5.89 Å². The first-order valence-corrected chi connectivity index (χ1v) is 6.95. The van der Waals surface area contributed by atoms with Gasteiger partial charge in [-0.3, -0.25) is 0 Å². The Morgan fingerprint density at radius 3 is 2.00 bits per heavy atom. The molecule has 1 aromatic heterocycles. The van der Waals surface area contributed by atoms with Crippen LogP contribution in [0.5, 0.6) is 5.95 Å². The van der Waals surface area contributed by atoms with Gasteiger partial charge in [0, 0.05) is 12.8 Å². The van der Waals surface area contributed by atoms with Gasteiger partial charge in [0.15, 0.2) is 0 Å². The zero-order chi connectivity index (χ0) is 14.5. The summed E-state index contributed by atoms with van der Waals surface area (Å²) in [6.45, 7) is 0. The third-order valence-electron chi connectivity index (χ3n) is 3.30. The highest BCUT2D eigenvalue weighted by Crippen LogP contribution is 2.24. The molecule has 0 amide bonds. The van der Waals surface area contributed by atoms with Crippen LogP contribution in [0.25, 0.3) is 0 Å². The first kappa shape index (κ1) is 13.4. The van der Waals surface area contributed by atoms with Gasteiger partial charge in [-0.1, -0.05) is 60.7 Å². The van der Waals surface area contributed by atoms with Crippen LogP contribution in [0.15, 0.2) is 65.1 Å². The average molecular weight is 279 g/mol. The molecule has 0 spiro atoms. The molecule has 3 nitrogen and oxygen atoms in total. The lowest BCUT2D eigenvalue weighted by Crippen LogP contribution is -1.93. The molecule has 21 heavy (non-hydrogen) atoms. The minimum absolute atomic E-state index is 0.504. The molecule has 0 atom stereocenters. The highest BCUT2D eigenvalue weighted by Gasteiger charge is 2.14. The Bertz CT molecular complexity index is 690. The minimum Gasteiger partial charge on any atom is -0.467 e. The quantitative estimate of drug-likeness (QED) is 0.711. The van der Waals surface area contributed by atoms with E-state index < -0.39 is 0 Å². The van der Waals surface area contributed by atoms with Crippen molar-refractivity contribution in [1.29, 1.82) is 0 Å². The van der Waals surface area contributed by atoms with Gasteiger partial charge in [0.25, 0.3) is 0 Å². The van der Waals surface area contributed by atoms with Crippen LogP contribution in [0, 0.1) is 0 Å². The molecule has 0 aliphatic carbocycles. The predicted molar refractivity (Wildman–Crippen MR) is 81.6 cm³/mol. The molecule has 0 aliphatic heterocycles. The van der Waals surface area contributed by atoms with Gasteiger partial charge >= 0.3 is 5.95 Å². The summed E-state index contributed by atoms with van der Waals surface area (Å²) in [4.78, 5) is 4.58. The van der Waals surface area contributed by atoms with E-state index in [1.807, 2.05) is 36.4 Å². The van der Waals surface area contributed by atoms with E-state index in [0.29, 0.717) is 24.7 Å². The van der Waals surface area contributed by atoms with Crippen molar-refractivity contribution in [1.82, 2.24) is 4.98 Å². The summed E-state index contributed by atoms with van der Waals surface area (Å²) in [5.74, 6) is 1.19. The monoisotopic (exact) mass is 279 g/mol. The van der Waals surface area contributed by atoms with E-state index in [9.17, 15) is 0 Å². The number of oxazole rings is 1. The Labute approximate surface area is 124 Å². The normalized spacial score (nSPS) is 10.5. The maximum Gasteiger partial charge on any atom is 0.308 e. The number of benzene rings is 2.